The summed E-state index contributed by atoms with van der Waals surface area (Å²) in [4.78, 5) is 9.73. The Balaban J connectivity index is 2.29. The van der Waals surface area contributed by atoms with Crippen molar-refractivity contribution in [1.82, 2.24) is 0 Å². The highest BCUT2D eigenvalue weighted by molar-refractivity contribution is 14.1. The third-order valence-corrected chi connectivity index (χ3v) is 3.80. The molecule has 0 saturated carbocycles. The van der Waals surface area contributed by atoms with Gasteiger partial charge in [0.15, 0.2) is 0 Å². The van der Waals surface area contributed by atoms with Crippen LogP contribution in [0.15, 0.2) is 47.6 Å². The Kier molecular flexibility index (Phi) is 5.19. The molecular formula is C14H9F3IN3O2. The Bertz CT molecular complexity index is 763. The van der Waals surface area contributed by atoms with Gasteiger partial charge in [-0.2, -0.15) is 18.3 Å². The lowest BCUT2D eigenvalue weighted by atomic mass is 10.1. The zero-order chi connectivity index (χ0) is 17.0. The van der Waals surface area contributed by atoms with Crippen molar-refractivity contribution in [2.75, 3.05) is 5.43 Å². The van der Waals surface area contributed by atoms with Gasteiger partial charge in [0, 0.05) is 21.3 Å². The molecule has 0 unspecified atom stereocenters. The van der Waals surface area contributed by atoms with Crippen molar-refractivity contribution in [3.8, 4) is 0 Å². The molecule has 120 valence electrons. The van der Waals surface area contributed by atoms with Gasteiger partial charge in [0.05, 0.1) is 22.4 Å². The van der Waals surface area contributed by atoms with Gasteiger partial charge in [-0.3, -0.25) is 15.5 Å². The summed E-state index contributed by atoms with van der Waals surface area (Å²) in [6.45, 7) is 0. The lowest BCUT2D eigenvalue weighted by Crippen LogP contribution is -2.09. The van der Waals surface area contributed by atoms with E-state index >= 15 is 0 Å². The van der Waals surface area contributed by atoms with Crippen molar-refractivity contribution >= 4 is 40.2 Å². The van der Waals surface area contributed by atoms with Gasteiger partial charge in [-0.25, -0.2) is 0 Å². The number of nitro benzene ring substituents is 1. The number of hydrogen-bond acceptors (Lipinski definition) is 4. The van der Waals surface area contributed by atoms with Crippen LogP contribution >= 0.6 is 22.6 Å². The predicted octanol–water partition coefficient (Wildman–Crippen LogP) is 4.66. The van der Waals surface area contributed by atoms with E-state index < -0.39 is 22.4 Å². The molecule has 2 rings (SSSR count). The lowest BCUT2D eigenvalue weighted by Gasteiger charge is -2.11. The van der Waals surface area contributed by atoms with Crippen molar-refractivity contribution in [1.29, 1.82) is 0 Å². The quantitative estimate of drug-likeness (QED) is 0.329. The summed E-state index contributed by atoms with van der Waals surface area (Å²) in [5.41, 5.74) is 0.880. The highest BCUT2D eigenvalue weighted by Gasteiger charge is 2.35. The largest absolute Gasteiger partial charge is 0.418 e. The van der Waals surface area contributed by atoms with Crippen molar-refractivity contribution in [2.24, 2.45) is 5.10 Å². The topological polar surface area (TPSA) is 67.5 Å². The molecule has 0 aromatic heterocycles. The number of nitrogens with one attached hydrogen (secondary N) is 1. The molecule has 23 heavy (non-hydrogen) atoms. The van der Waals surface area contributed by atoms with E-state index in [0.717, 1.165) is 21.3 Å². The number of anilines is 1. The van der Waals surface area contributed by atoms with Gasteiger partial charge >= 0.3 is 6.18 Å². The molecule has 0 aliphatic heterocycles. The van der Waals surface area contributed by atoms with Crippen LogP contribution in [-0.2, 0) is 6.18 Å². The molecule has 0 bridgehead atoms. The van der Waals surface area contributed by atoms with E-state index in [-0.39, 0.29) is 5.69 Å². The summed E-state index contributed by atoms with van der Waals surface area (Å²) in [5.74, 6) is 0. The fourth-order valence-electron chi connectivity index (χ4n) is 1.73. The third-order valence-electron chi connectivity index (χ3n) is 2.81. The number of nitrogens with zero attached hydrogens (tertiary/aromatic N) is 2. The third kappa shape index (κ3) is 4.41. The summed E-state index contributed by atoms with van der Waals surface area (Å²) in [6, 6.07) is 9.63. The smallest absolute Gasteiger partial charge is 0.278 e. The van der Waals surface area contributed by atoms with Crippen LogP contribution in [0.2, 0.25) is 0 Å². The Morgan fingerprint density at radius 2 is 1.91 bits per heavy atom. The first-order valence-corrected chi connectivity index (χ1v) is 7.26. The standard InChI is InChI=1S/C14H9F3IN3O2/c15-14(16,17)11-7-10(21(22)23)5-6-13(11)20-19-8-9-3-1-2-4-12(9)18/h1-8,20H/b19-8+. The molecule has 2 aromatic rings. The van der Waals surface area contributed by atoms with E-state index in [1.807, 2.05) is 12.1 Å². The van der Waals surface area contributed by atoms with Gasteiger partial charge in [-0.15, -0.1) is 0 Å². The molecule has 2 aromatic carbocycles. The fourth-order valence-corrected chi connectivity index (χ4v) is 2.26. The number of non-ortho nitro benzene ring substituents is 1. The average molecular weight is 435 g/mol. The molecule has 0 fully saturated rings. The maximum atomic E-state index is 13.0. The highest BCUT2D eigenvalue weighted by atomic mass is 127. The number of rotatable bonds is 4. The first-order chi connectivity index (χ1) is 10.8. The predicted molar refractivity (Wildman–Crippen MR) is 88.5 cm³/mol. The van der Waals surface area contributed by atoms with Gasteiger partial charge < -0.3 is 0 Å². The summed E-state index contributed by atoms with van der Waals surface area (Å²) < 4.78 is 39.9. The van der Waals surface area contributed by atoms with Gasteiger partial charge in [0.1, 0.15) is 0 Å². The van der Waals surface area contributed by atoms with Crippen molar-refractivity contribution in [2.45, 2.75) is 6.18 Å². The number of alkyl halides is 3. The van der Waals surface area contributed by atoms with E-state index in [2.05, 4.69) is 33.1 Å². The average Bonchev–Trinajstić information content (AvgIpc) is 2.48. The SMILES string of the molecule is O=[N+]([O-])c1ccc(N/N=C/c2ccccc2I)c(C(F)(F)F)c1. The second kappa shape index (κ2) is 6.94. The normalized spacial score (nSPS) is 11.7. The van der Waals surface area contributed by atoms with Crippen molar-refractivity contribution in [3.05, 3.63) is 67.3 Å². The Hall–Kier alpha value is -2.17. The molecule has 5 nitrogen and oxygen atoms in total. The molecule has 0 atom stereocenters. The molecule has 0 aliphatic rings. The van der Waals surface area contributed by atoms with Crippen molar-refractivity contribution in [3.63, 3.8) is 0 Å². The number of nitro groups is 1. The molecule has 1 N–H and O–H groups in total. The first-order valence-electron chi connectivity index (χ1n) is 6.18. The lowest BCUT2D eigenvalue weighted by molar-refractivity contribution is -0.385. The van der Waals surface area contributed by atoms with E-state index in [0.29, 0.717) is 6.07 Å². The molecule has 0 saturated heterocycles. The number of benzene rings is 2. The van der Waals surface area contributed by atoms with Crippen LogP contribution in [0.4, 0.5) is 24.5 Å². The summed E-state index contributed by atoms with van der Waals surface area (Å²) in [6.07, 6.45) is -3.35. The maximum Gasteiger partial charge on any atom is 0.418 e. The van der Waals surface area contributed by atoms with Gasteiger partial charge in [-0.1, -0.05) is 18.2 Å². The highest BCUT2D eigenvalue weighted by Crippen LogP contribution is 2.37. The minimum Gasteiger partial charge on any atom is -0.278 e. The Labute approximate surface area is 142 Å². The summed E-state index contributed by atoms with van der Waals surface area (Å²) in [7, 11) is 0. The van der Waals surface area contributed by atoms with Gasteiger partial charge in [0.2, 0.25) is 0 Å². The van der Waals surface area contributed by atoms with Crippen LogP contribution in [0.1, 0.15) is 11.1 Å². The fraction of sp³-hybridized carbons (Fsp3) is 0.0714. The molecule has 0 radical (unpaired) electrons. The molecule has 0 heterocycles. The number of halogens is 4. The number of hydrazone groups is 1. The monoisotopic (exact) mass is 435 g/mol. The number of hydrogen-bond donors (Lipinski definition) is 1. The molecular weight excluding hydrogens is 426 g/mol. The minimum absolute atomic E-state index is 0.356. The molecule has 0 amide bonds. The first kappa shape index (κ1) is 17.2. The van der Waals surface area contributed by atoms with E-state index in [4.69, 9.17) is 0 Å². The van der Waals surface area contributed by atoms with E-state index in [1.54, 1.807) is 12.1 Å². The van der Waals surface area contributed by atoms with Crippen LogP contribution in [0.3, 0.4) is 0 Å². The molecule has 0 spiro atoms. The summed E-state index contributed by atoms with van der Waals surface area (Å²) >= 11 is 2.07. The van der Waals surface area contributed by atoms with Crippen molar-refractivity contribution < 1.29 is 18.1 Å². The second-order valence-corrected chi connectivity index (χ2v) is 5.54. The van der Waals surface area contributed by atoms with Crippen LogP contribution in [-0.4, -0.2) is 11.1 Å². The van der Waals surface area contributed by atoms with Crippen LogP contribution in [0.5, 0.6) is 0 Å². The van der Waals surface area contributed by atoms with E-state index in [9.17, 15) is 23.3 Å². The van der Waals surface area contributed by atoms with E-state index in [1.165, 1.54) is 6.21 Å². The molecule has 9 heteroatoms. The second-order valence-electron chi connectivity index (χ2n) is 4.38. The zero-order valence-electron chi connectivity index (χ0n) is 11.3. The zero-order valence-corrected chi connectivity index (χ0v) is 13.5. The maximum absolute atomic E-state index is 13.0. The van der Waals surface area contributed by atoms with Crippen LogP contribution in [0.25, 0.3) is 0 Å². The minimum atomic E-state index is -4.73. The van der Waals surface area contributed by atoms with Crippen LogP contribution < -0.4 is 5.43 Å². The molecule has 0 aliphatic carbocycles. The Morgan fingerprint density at radius 3 is 2.52 bits per heavy atom. The van der Waals surface area contributed by atoms with Crippen LogP contribution in [0, 0.1) is 13.7 Å². The Morgan fingerprint density at radius 1 is 1.22 bits per heavy atom. The van der Waals surface area contributed by atoms with Gasteiger partial charge in [0.25, 0.3) is 5.69 Å². The van der Waals surface area contributed by atoms with Gasteiger partial charge in [-0.05, 0) is 34.7 Å². The summed E-state index contributed by atoms with van der Waals surface area (Å²) in [5, 5.41) is 14.4.